The molecular formula is C22H23N4O+. The molecule has 2 heterocycles. The lowest BCUT2D eigenvalue weighted by Gasteiger charge is -2.21. The van der Waals surface area contributed by atoms with Gasteiger partial charge in [0.25, 0.3) is 5.52 Å². The first kappa shape index (κ1) is 16.2. The fourth-order valence-corrected chi connectivity index (χ4v) is 4.38. The summed E-state index contributed by atoms with van der Waals surface area (Å²) in [5, 5.41) is 3.24. The van der Waals surface area contributed by atoms with E-state index in [1.165, 1.54) is 37.7 Å². The summed E-state index contributed by atoms with van der Waals surface area (Å²) in [6.45, 7) is 1.88. The van der Waals surface area contributed by atoms with Crippen LogP contribution in [0.5, 0.6) is 0 Å². The van der Waals surface area contributed by atoms with Crippen LogP contribution in [-0.4, -0.2) is 14.9 Å². The van der Waals surface area contributed by atoms with Gasteiger partial charge in [-0.1, -0.05) is 53.4 Å². The summed E-state index contributed by atoms with van der Waals surface area (Å²) in [6.07, 6.45) is 6.56. The molecule has 1 saturated carbocycles. The molecule has 0 spiro atoms. The van der Waals surface area contributed by atoms with Gasteiger partial charge in [-0.25, -0.2) is 9.78 Å². The average Bonchev–Trinajstić information content (AvgIpc) is 3.07. The van der Waals surface area contributed by atoms with E-state index in [2.05, 4.69) is 22.3 Å². The summed E-state index contributed by atoms with van der Waals surface area (Å²) in [4.78, 5) is 17.6. The number of H-pyrrole nitrogens is 1. The normalized spacial score (nSPS) is 15.6. The summed E-state index contributed by atoms with van der Waals surface area (Å²) >= 11 is 0. The highest BCUT2D eigenvalue weighted by atomic mass is 16.1. The van der Waals surface area contributed by atoms with Gasteiger partial charge >= 0.3 is 5.56 Å². The standard InChI is InChI=1S/C22H22N4O/c1-15-21-22(27)25(24-26(21)20-10-6-5-9-19(20)23-15)18-13-11-17(12-14-18)16-7-3-2-4-8-16/h5-6,9-14,16H,2-4,7-8H2,1H3/p+1. The van der Waals surface area contributed by atoms with Crippen LogP contribution in [0.1, 0.15) is 49.3 Å². The fourth-order valence-electron chi connectivity index (χ4n) is 4.38. The molecule has 0 unspecified atom stereocenters. The molecule has 1 aliphatic rings. The highest BCUT2D eigenvalue weighted by molar-refractivity contribution is 5.72. The van der Waals surface area contributed by atoms with Crippen LogP contribution in [0.4, 0.5) is 0 Å². The Bertz CT molecular complexity index is 1180. The molecule has 1 N–H and O–H groups in total. The van der Waals surface area contributed by atoms with E-state index in [9.17, 15) is 4.79 Å². The van der Waals surface area contributed by atoms with Gasteiger partial charge in [-0.2, -0.15) is 0 Å². The van der Waals surface area contributed by atoms with Gasteiger partial charge < -0.3 is 0 Å². The van der Waals surface area contributed by atoms with Crippen LogP contribution in [0.2, 0.25) is 0 Å². The Hall–Kier alpha value is -2.95. The Morgan fingerprint density at radius 2 is 1.78 bits per heavy atom. The highest BCUT2D eigenvalue weighted by Crippen LogP contribution is 2.32. The van der Waals surface area contributed by atoms with Crippen LogP contribution in [0.15, 0.2) is 53.3 Å². The molecule has 2 aromatic carbocycles. The molecule has 5 rings (SSSR count). The van der Waals surface area contributed by atoms with Crippen molar-refractivity contribution in [1.82, 2.24) is 14.9 Å². The van der Waals surface area contributed by atoms with Gasteiger partial charge in [0.05, 0.1) is 5.69 Å². The van der Waals surface area contributed by atoms with Crippen LogP contribution < -0.4 is 10.1 Å². The lowest BCUT2D eigenvalue weighted by molar-refractivity contribution is -0.556. The Balaban J connectivity index is 1.62. The summed E-state index contributed by atoms with van der Waals surface area (Å²) in [5.41, 5.74) is 5.25. The number of aromatic amines is 1. The molecule has 1 aliphatic carbocycles. The SMILES string of the molecule is Cc1nc2ccccc2[n+]2[nH]n(-c3ccc(C4CCCCC4)cc3)c(=O)c12. The van der Waals surface area contributed by atoms with Gasteiger partial charge in [0.15, 0.2) is 11.2 Å². The second kappa shape index (κ2) is 6.34. The first-order valence-electron chi connectivity index (χ1n) is 9.75. The van der Waals surface area contributed by atoms with Gasteiger partial charge in [-0.15, -0.1) is 4.52 Å². The third kappa shape index (κ3) is 2.65. The van der Waals surface area contributed by atoms with Crippen LogP contribution in [0.3, 0.4) is 0 Å². The summed E-state index contributed by atoms with van der Waals surface area (Å²) in [6, 6.07) is 16.3. The predicted molar refractivity (Wildman–Crippen MR) is 105 cm³/mol. The van der Waals surface area contributed by atoms with Crippen molar-refractivity contribution in [2.75, 3.05) is 0 Å². The first-order valence-corrected chi connectivity index (χ1v) is 9.75. The molecule has 4 aromatic rings. The quantitative estimate of drug-likeness (QED) is 0.553. The van der Waals surface area contributed by atoms with Gasteiger partial charge in [-0.05, 0) is 55.5 Å². The van der Waals surface area contributed by atoms with E-state index in [0.29, 0.717) is 11.4 Å². The van der Waals surface area contributed by atoms with E-state index >= 15 is 0 Å². The Kier molecular flexibility index (Phi) is 3.81. The molecule has 0 saturated heterocycles. The van der Waals surface area contributed by atoms with Crippen molar-refractivity contribution in [2.45, 2.75) is 44.9 Å². The highest BCUT2D eigenvalue weighted by Gasteiger charge is 2.23. The number of hydrogen-bond donors (Lipinski definition) is 1. The minimum Gasteiger partial charge on any atom is -0.244 e. The fraction of sp³-hybridized carbons (Fsp3) is 0.318. The van der Waals surface area contributed by atoms with Crippen molar-refractivity contribution in [3.8, 4) is 5.69 Å². The smallest absolute Gasteiger partial charge is 0.244 e. The molecular weight excluding hydrogens is 336 g/mol. The van der Waals surface area contributed by atoms with E-state index in [-0.39, 0.29) is 5.56 Å². The zero-order valence-electron chi connectivity index (χ0n) is 15.5. The van der Waals surface area contributed by atoms with Gasteiger partial charge in [0.2, 0.25) is 0 Å². The number of nitrogens with zero attached hydrogens (tertiary/aromatic N) is 3. The zero-order valence-corrected chi connectivity index (χ0v) is 15.5. The second-order valence-corrected chi connectivity index (χ2v) is 7.54. The van der Waals surface area contributed by atoms with Crippen molar-refractivity contribution in [1.29, 1.82) is 0 Å². The number of benzene rings is 2. The summed E-state index contributed by atoms with van der Waals surface area (Å²) in [7, 11) is 0. The zero-order chi connectivity index (χ0) is 18.4. The van der Waals surface area contributed by atoms with Crippen LogP contribution >= 0.6 is 0 Å². The third-order valence-electron chi connectivity index (χ3n) is 5.81. The number of fused-ring (bicyclic) bond motifs is 3. The van der Waals surface area contributed by atoms with Crippen LogP contribution in [0.25, 0.3) is 22.2 Å². The van der Waals surface area contributed by atoms with Crippen molar-refractivity contribution in [3.05, 3.63) is 70.1 Å². The van der Waals surface area contributed by atoms with Crippen molar-refractivity contribution in [3.63, 3.8) is 0 Å². The Morgan fingerprint density at radius 1 is 1.04 bits per heavy atom. The van der Waals surface area contributed by atoms with Gasteiger partial charge in [0.1, 0.15) is 5.52 Å². The molecule has 5 heteroatoms. The lowest BCUT2D eigenvalue weighted by atomic mass is 9.84. The van der Waals surface area contributed by atoms with Gasteiger partial charge in [-0.3, -0.25) is 0 Å². The largest absolute Gasteiger partial charge is 0.408 e. The van der Waals surface area contributed by atoms with Crippen molar-refractivity contribution >= 4 is 16.6 Å². The predicted octanol–water partition coefficient (Wildman–Crippen LogP) is 3.81. The molecule has 136 valence electrons. The lowest BCUT2D eigenvalue weighted by Crippen LogP contribution is -2.27. The Morgan fingerprint density at radius 3 is 2.56 bits per heavy atom. The number of aryl methyl sites for hydroxylation is 1. The Labute approximate surface area is 157 Å². The molecule has 0 radical (unpaired) electrons. The van der Waals surface area contributed by atoms with Crippen molar-refractivity contribution < 1.29 is 4.52 Å². The first-order chi connectivity index (χ1) is 13.2. The minimum atomic E-state index is -0.0730. The third-order valence-corrected chi connectivity index (χ3v) is 5.81. The maximum Gasteiger partial charge on any atom is 0.408 e. The van der Waals surface area contributed by atoms with Crippen LogP contribution in [0, 0.1) is 6.92 Å². The molecule has 0 bridgehead atoms. The van der Waals surface area contributed by atoms with Crippen LogP contribution in [-0.2, 0) is 0 Å². The maximum absolute atomic E-state index is 13.1. The van der Waals surface area contributed by atoms with E-state index in [1.54, 1.807) is 4.68 Å². The van der Waals surface area contributed by atoms with Crippen molar-refractivity contribution in [2.24, 2.45) is 0 Å². The molecule has 0 amide bonds. The number of para-hydroxylation sites is 2. The molecule has 27 heavy (non-hydrogen) atoms. The molecule has 0 aliphatic heterocycles. The molecule has 2 aromatic heterocycles. The monoisotopic (exact) mass is 359 g/mol. The van der Waals surface area contributed by atoms with E-state index in [4.69, 9.17) is 0 Å². The molecule has 1 fully saturated rings. The minimum absolute atomic E-state index is 0.0730. The number of aromatic nitrogens is 4. The average molecular weight is 359 g/mol. The summed E-state index contributed by atoms with van der Waals surface area (Å²) < 4.78 is 3.45. The molecule has 0 atom stereocenters. The molecule has 5 nitrogen and oxygen atoms in total. The summed E-state index contributed by atoms with van der Waals surface area (Å²) in [5.74, 6) is 0.664. The maximum atomic E-state index is 13.1. The second-order valence-electron chi connectivity index (χ2n) is 7.54. The van der Waals surface area contributed by atoms with E-state index in [1.807, 2.05) is 47.8 Å². The van der Waals surface area contributed by atoms with E-state index < -0.39 is 0 Å². The van der Waals surface area contributed by atoms with Gasteiger partial charge in [0, 0.05) is 0 Å². The topological polar surface area (TPSA) is 54.8 Å². The van der Waals surface area contributed by atoms with E-state index in [0.717, 1.165) is 22.4 Å². The number of hydrogen-bond acceptors (Lipinski definition) is 2. The number of nitrogens with one attached hydrogen (secondary N) is 1. The number of rotatable bonds is 2.